The van der Waals surface area contributed by atoms with Gasteiger partial charge in [-0.3, -0.25) is 0 Å². The third-order valence-electron chi connectivity index (χ3n) is 0. The van der Waals surface area contributed by atoms with Gasteiger partial charge in [-0.15, -0.1) is 0 Å². The summed E-state index contributed by atoms with van der Waals surface area (Å²) in [5, 5.41) is 0. The smallest absolute Gasteiger partial charge is 0.308 e. The van der Waals surface area contributed by atoms with Crippen molar-refractivity contribution in [1.82, 2.24) is 0 Å². The van der Waals surface area contributed by atoms with E-state index in [2.05, 4.69) is 31.9 Å². The van der Waals surface area contributed by atoms with Crippen molar-refractivity contribution in [2.24, 2.45) is 0 Å². The molecule has 0 unspecified atom stereocenters. The second-order valence-corrected chi connectivity index (χ2v) is 2.23. The Bertz CT molecular complexity index is 6.00. The van der Waals surface area contributed by atoms with Crippen molar-refractivity contribution in [2.75, 3.05) is 0 Å². The van der Waals surface area contributed by atoms with Crippen LogP contribution in [0, 0.1) is 4.24 Å². The van der Waals surface area contributed by atoms with Gasteiger partial charge in [0.25, 0.3) is 0 Å². The van der Waals surface area contributed by atoms with Gasteiger partial charge in [-0.25, -0.2) is 4.24 Å². The SMILES string of the molecule is Br[CH-]Br.[Cu+]. The molecule has 0 spiro atoms. The quantitative estimate of drug-likeness (QED) is 0.445. The van der Waals surface area contributed by atoms with E-state index in [0.29, 0.717) is 0 Å². The first-order valence-corrected chi connectivity index (χ1v) is 2.27. The van der Waals surface area contributed by atoms with Gasteiger partial charge >= 0.3 is 17.1 Å². The second kappa shape index (κ2) is 8.82. The van der Waals surface area contributed by atoms with Gasteiger partial charge in [0, 0.05) is 0 Å². The van der Waals surface area contributed by atoms with Crippen molar-refractivity contribution < 1.29 is 17.1 Å². The number of rotatable bonds is 0. The summed E-state index contributed by atoms with van der Waals surface area (Å²) < 4.78 is 1.62. The summed E-state index contributed by atoms with van der Waals surface area (Å²) in [6.07, 6.45) is 0. The Kier molecular flexibility index (Phi) is 20.0. The fourth-order valence-electron chi connectivity index (χ4n) is 0. The van der Waals surface area contributed by atoms with Gasteiger partial charge in [-0.05, 0) is 0 Å². The molecule has 0 N–H and O–H groups in total. The molecule has 0 aliphatic rings. The maximum absolute atomic E-state index is 2.94. The molecule has 0 aromatic carbocycles. The molecule has 0 aliphatic heterocycles. The standard InChI is InChI=1S/CHBr2.Cu/c2-1-3;/h1H;/q-1;+1. The van der Waals surface area contributed by atoms with Gasteiger partial charge in [0.2, 0.25) is 0 Å². The molecule has 0 fully saturated rings. The predicted octanol–water partition coefficient (Wildman–Crippen LogP) is 1.89. The molecule has 30 valence electrons. The van der Waals surface area contributed by atoms with E-state index in [1.165, 1.54) is 0 Å². The van der Waals surface area contributed by atoms with Crippen LogP contribution in [0.25, 0.3) is 0 Å². The molecule has 0 amide bonds. The average molecular weight is 236 g/mol. The van der Waals surface area contributed by atoms with Gasteiger partial charge in [-0.1, -0.05) is 0 Å². The third kappa shape index (κ3) is 9.77. The molecule has 0 radical (unpaired) electrons. The minimum absolute atomic E-state index is 0. The Hall–Kier alpha value is 1.48. The molecule has 0 rings (SSSR count). The van der Waals surface area contributed by atoms with Crippen LogP contribution in [0.5, 0.6) is 0 Å². The predicted molar refractivity (Wildman–Crippen MR) is 22.2 cm³/mol. The zero-order valence-corrected chi connectivity index (χ0v) is 5.75. The Morgan fingerprint density at radius 1 is 1.25 bits per heavy atom. The summed E-state index contributed by atoms with van der Waals surface area (Å²) in [6, 6.07) is 0. The zero-order valence-electron chi connectivity index (χ0n) is 1.63. The van der Waals surface area contributed by atoms with Crippen molar-refractivity contribution in [2.45, 2.75) is 0 Å². The van der Waals surface area contributed by atoms with Crippen LogP contribution in [-0.2, 0) is 17.1 Å². The molecule has 0 aromatic rings. The molecule has 0 nitrogen and oxygen atoms in total. The Balaban J connectivity index is 0. The molecule has 0 atom stereocenters. The Morgan fingerprint density at radius 2 is 1.25 bits per heavy atom. The van der Waals surface area contributed by atoms with Crippen molar-refractivity contribution in [1.29, 1.82) is 0 Å². The third-order valence-corrected chi connectivity index (χ3v) is 0. The summed E-state index contributed by atoms with van der Waals surface area (Å²) in [6.45, 7) is 0. The van der Waals surface area contributed by atoms with E-state index in [-0.39, 0.29) is 17.1 Å². The Labute approximate surface area is 53.1 Å². The Morgan fingerprint density at radius 3 is 1.25 bits per heavy atom. The minimum atomic E-state index is 0. The maximum atomic E-state index is 2.94. The summed E-state index contributed by atoms with van der Waals surface area (Å²) in [5.74, 6) is 0. The van der Waals surface area contributed by atoms with Crippen molar-refractivity contribution in [3.8, 4) is 0 Å². The van der Waals surface area contributed by atoms with Crippen LogP contribution >= 0.6 is 31.9 Å². The van der Waals surface area contributed by atoms with E-state index in [4.69, 9.17) is 0 Å². The first-order chi connectivity index (χ1) is 1.41. The molecule has 0 aromatic heterocycles. The normalized spacial score (nSPS) is 4.50. The van der Waals surface area contributed by atoms with Crippen molar-refractivity contribution in [3.63, 3.8) is 0 Å². The van der Waals surface area contributed by atoms with E-state index < -0.39 is 0 Å². The van der Waals surface area contributed by atoms with E-state index in [1.807, 2.05) is 0 Å². The topological polar surface area (TPSA) is 0 Å². The van der Waals surface area contributed by atoms with E-state index in [1.54, 1.807) is 4.24 Å². The average Bonchev–Trinajstić information content (AvgIpc) is 0.918. The fraction of sp³-hybridized carbons (Fsp3) is 0. The van der Waals surface area contributed by atoms with E-state index >= 15 is 0 Å². The number of hydrogen-bond acceptors (Lipinski definition) is 0. The number of hydrogen-bond donors (Lipinski definition) is 0. The second-order valence-electron chi connectivity index (χ2n) is 0.0825. The molecular weight excluding hydrogens is 235 g/mol. The molecule has 0 heterocycles. The van der Waals surface area contributed by atoms with E-state index in [9.17, 15) is 0 Å². The summed E-state index contributed by atoms with van der Waals surface area (Å²) in [5.41, 5.74) is 0. The fourth-order valence-corrected chi connectivity index (χ4v) is 0. The maximum Gasteiger partial charge on any atom is 1.00 e. The van der Waals surface area contributed by atoms with Crippen molar-refractivity contribution in [3.05, 3.63) is 4.24 Å². The van der Waals surface area contributed by atoms with Gasteiger partial charge in [0.15, 0.2) is 0 Å². The molecular formula is CHBr2Cu. The molecule has 0 bridgehead atoms. The number of halogens is 2. The van der Waals surface area contributed by atoms with Crippen LogP contribution in [-0.4, -0.2) is 0 Å². The first-order valence-electron chi connectivity index (χ1n) is 0.436. The summed E-state index contributed by atoms with van der Waals surface area (Å²) >= 11 is 5.88. The van der Waals surface area contributed by atoms with Crippen LogP contribution in [0.1, 0.15) is 0 Å². The van der Waals surface area contributed by atoms with Crippen LogP contribution in [0.3, 0.4) is 0 Å². The van der Waals surface area contributed by atoms with Crippen LogP contribution in [0.15, 0.2) is 0 Å². The van der Waals surface area contributed by atoms with Crippen molar-refractivity contribution >= 4 is 31.9 Å². The molecule has 0 saturated carbocycles. The van der Waals surface area contributed by atoms with Gasteiger partial charge < -0.3 is 31.9 Å². The van der Waals surface area contributed by atoms with Gasteiger partial charge in [0.1, 0.15) is 0 Å². The van der Waals surface area contributed by atoms with Crippen LogP contribution in [0.4, 0.5) is 0 Å². The van der Waals surface area contributed by atoms with Crippen LogP contribution in [0.2, 0.25) is 0 Å². The first kappa shape index (κ1) is 9.08. The molecule has 3 heteroatoms. The van der Waals surface area contributed by atoms with Gasteiger partial charge in [0.05, 0.1) is 0 Å². The van der Waals surface area contributed by atoms with Gasteiger partial charge in [-0.2, -0.15) is 0 Å². The largest absolute Gasteiger partial charge is 1.00 e. The molecule has 0 saturated heterocycles. The summed E-state index contributed by atoms with van der Waals surface area (Å²) in [4.78, 5) is 0. The summed E-state index contributed by atoms with van der Waals surface area (Å²) in [7, 11) is 0. The van der Waals surface area contributed by atoms with E-state index in [0.717, 1.165) is 0 Å². The van der Waals surface area contributed by atoms with Crippen LogP contribution < -0.4 is 0 Å². The molecule has 4 heavy (non-hydrogen) atoms. The zero-order chi connectivity index (χ0) is 2.71. The minimum Gasteiger partial charge on any atom is -0.308 e. The molecule has 0 aliphatic carbocycles. The monoisotopic (exact) mass is 234 g/mol.